The average molecular weight is 842 g/mol. The number of phenols is 2. The van der Waals surface area contributed by atoms with E-state index in [-0.39, 0.29) is 46.8 Å². The van der Waals surface area contributed by atoms with Crippen LogP contribution in [-0.2, 0) is 20.7 Å². The van der Waals surface area contributed by atoms with Crippen LogP contribution in [0.25, 0.3) is 0 Å². The summed E-state index contributed by atoms with van der Waals surface area (Å²) in [6.07, 6.45) is -5.42. The van der Waals surface area contributed by atoms with E-state index in [0.717, 1.165) is 15.9 Å². The molecule has 308 valence electrons. The number of halogens is 1. The molecule has 1 fully saturated rings. The standard InChI is InChI=1S/C45H44NO11P.ClH/c1-25-40(49)31(46-58(26-13-6-3-7-14-26,27-15-8-4-9-16-27)28-17-10-5-11-18-28)21-35(56-25)57-33-23-45(54,34(48)24-47)22-30-37(33)44(53)39-38(42(30)51)41(50)29-19-12-20-32(55-2)36(29)43(39)52;/h3-20,25,31,33,35,40,46-47,49,51,53-54,58H,21-24H2,1-2H3;1H/t25?,31?,33-,35?,40?,45-;/m0./s1. The first-order valence-electron chi connectivity index (χ1n) is 19.1. The Morgan fingerprint density at radius 2 is 1.39 bits per heavy atom. The second kappa shape index (κ2) is 16.6. The molecule has 8 rings (SSSR count). The third-order valence-electron chi connectivity index (χ3n) is 11.8. The molecular formula is C45H45ClNO11P. The maximum absolute atomic E-state index is 14.1. The van der Waals surface area contributed by atoms with Gasteiger partial charge in [0.15, 0.2) is 0 Å². The number of aliphatic hydroxyl groups is 3. The molecular weight excluding hydrogens is 797 g/mol. The number of ketones is 3. The summed E-state index contributed by atoms with van der Waals surface area (Å²) in [5.74, 6) is -3.79. The van der Waals surface area contributed by atoms with Gasteiger partial charge in [0.1, 0.15) is 0 Å². The first-order chi connectivity index (χ1) is 27.9. The largest absolute Gasteiger partial charge is 0.147 e. The molecule has 0 bridgehead atoms. The van der Waals surface area contributed by atoms with Gasteiger partial charge in [-0.2, -0.15) is 0 Å². The van der Waals surface area contributed by atoms with Gasteiger partial charge in [0.05, 0.1) is 7.11 Å². The number of fused-ring (bicyclic) bond motifs is 3. The second-order valence-corrected chi connectivity index (χ2v) is 18.6. The fraction of sp³-hybridized carbons (Fsp3) is 0.267. The molecule has 1 heterocycles. The summed E-state index contributed by atoms with van der Waals surface area (Å²) in [5, 5.41) is 64.4. The Balaban J connectivity index is 0.00000528. The van der Waals surface area contributed by atoms with Crippen molar-refractivity contribution >= 4 is 53.1 Å². The molecule has 12 nitrogen and oxygen atoms in total. The third-order valence-corrected chi connectivity index (χ3v) is 16.2. The van der Waals surface area contributed by atoms with Gasteiger partial charge < -0.3 is 4.74 Å². The minimum absolute atomic E-state index is 0. The van der Waals surface area contributed by atoms with Crippen molar-refractivity contribution in [2.24, 2.45) is 0 Å². The molecule has 59 heavy (non-hydrogen) atoms. The van der Waals surface area contributed by atoms with Gasteiger partial charge in [-0.1, -0.05) is 12.1 Å². The minimum atomic E-state index is -3.14. The van der Waals surface area contributed by atoms with Gasteiger partial charge in [0.25, 0.3) is 0 Å². The molecule has 2 aliphatic carbocycles. The Morgan fingerprint density at radius 1 is 0.831 bits per heavy atom. The number of hydrogen-bond acceptors (Lipinski definition) is 12. The van der Waals surface area contributed by atoms with Gasteiger partial charge >= 0.3 is 306 Å². The smallest absolute Gasteiger partial charge is 0.147 e. The number of hydrogen-bond donors (Lipinski definition) is 6. The summed E-state index contributed by atoms with van der Waals surface area (Å²) in [6, 6.07) is 33.8. The van der Waals surface area contributed by atoms with Crippen LogP contribution in [0.15, 0.2) is 109 Å². The zero-order chi connectivity index (χ0) is 40.9. The van der Waals surface area contributed by atoms with E-state index in [1.165, 1.54) is 25.3 Å². The fourth-order valence-electron chi connectivity index (χ4n) is 8.95. The number of rotatable bonds is 10. The monoisotopic (exact) mass is 841 g/mol. The molecule has 1 saturated heterocycles. The van der Waals surface area contributed by atoms with Crippen LogP contribution in [0.1, 0.15) is 68.8 Å². The number of aromatic hydroxyl groups is 2. The number of ether oxygens (including phenoxy) is 3. The van der Waals surface area contributed by atoms with Crippen molar-refractivity contribution in [2.75, 3.05) is 13.7 Å². The van der Waals surface area contributed by atoms with Crippen LogP contribution in [-0.4, -0.2) is 86.7 Å². The molecule has 0 radical (unpaired) electrons. The topological polar surface area (TPSA) is 192 Å². The molecule has 4 unspecified atom stereocenters. The van der Waals surface area contributed by atoms with Crippen molar-refractivity contribution in [1.82, 2.24) is 5.09 Å². The summed E-state index contributed by atoms with van der Waals surface area (Å²) in [4.78, 5) is 41.2. The molecule has 5 aromatic carbocycles. The molecule has 0 amide bonds. The Morgan fingerprint density at radius 3 is 1.93 bits per heavy atom. The number of phenolic OH excluding ortho intramolecular Hbond substituents is 2. The van der Waals surface area contributed by atoms with Crippen LogP contribution in [0.2, 0.25) is 0 Å². The van der Waals surface area contributed by atoms with Crippen molar-refractivity contribution in [2.45, 2.75) is 62.4 Å². The number of benzene rings is 5. The Kier molecular flexibility index (Phi) is 11.8. The summed E-state index contributed by atoms with van der Waals surface area (Å²) >= 11 is 0. The van der Waals surface area contributed by atoms with E-state index in [1.807, 2.05) is 54.6 Å². The van der Waals surface area contributed by atoms with Gasteiger partial charge in [-0.15, -0.1) is 12.4 Å². The van der Waals surface area contributed by atoms with E-state index in [1.54, 1.807) is 6.92 Å². The van der Waals surface area contributed by atoms with E-state index < -0.39 is 103 Å². The van der Waals surface area contributed by atoms with Crippen LogP contribution in [0.5, 0.6) is 17.2 Å². The van der Waals surface area contributed by atoms with Gasteiger partial charge in [0.2, 0.25) is 0 Å². The molecule has 6 N–H and O–H groups in total. The maximum atomic E-state index is 14.1. The van der Waals surface area contributed by atoms with E-state index in [4.69, 9.17) is 14.2 Å². The minimum Gasteiger partial charge on any atom is -0.147 e. The molecule has 0 spiro atoms. The van der Waals surface area contributed by atoms with Gasteiger partial charge in [-0.05, 0) is 6.07 Å². The predicted octanol–water partition coefficient (Wildman–Crippen LogP) is 3.70. The van der Waals surface area contributed by atoms with E-state index in [0.29, 0.717) is 0 Å². The molecule has 3 aliphatic rings. The summed E-state index contributed by atoms with van der Waals surface area (Å²) in [7, 11) is -1.80. The fourth-order valence-corrected chi connectivity index (χ4v) is 13.4. The van der Waals surface area contributed by atoms with Gasteiger partial charge in [-0.25, -0.2) is 0 Å². The summed E-state index contributed by atoms with van der Waals surface area (Å²) in [6.45, 7) is 0.655. The average Bonchev–Trinajstić information content (AvgIpc) is 3.24. The zero-order valence-electron chi connectivity index (χ0n) is 32.2. The van der Waals surface area contributed by atoms with Gasteiger partial charge in [-0.3, -0.25) is 0 Å². The van der Waals surface area contributed by atoms with Crippen LogP contribution >= 0.6 is 19.8 Å². The van der Waals surface area contributed by atoms with Crippen LogP contribution in [0.4, 0.5) is 0 Å². The van der Waals surface area contributed by atoms with Crippen LogP contribution in [0, 0.1) is 0 Å². The van der Waals surface area contributed by atoms with Crippen molar-refractivity contribution in [1.29, 1.82) is 0 Å². The Hall–Kier alpha value is -5.01. The van der Waals surface area contributed by atoms with E-state index in [9.17, 15) is 39.9 Å². The van der Waals surface area contributed by atoms with Crippen LogP contribution < -0.4 is 25.7 Å². The summed E-state index contributed by atoms with van der Waals surface area (Å²) in [5.41, 5.74) is -3.71. The Bertz CT molecular complexity index is 2300. The first-order valence-corrected chi connectivity index (χ1v) is 21.1. The normalized spacial score (nSPS) is 23.9. The van der Waals surface area contributed by atoms with Crippen molar-refractivity contribution in [3.63, 3.8) is 0 Å². The number of carbonyl (C=O) groups is 3. The zero-order valence-corrected chi connectivity index (χ0v) is 34.0. The Labute approximate surface area is 347 Å². The van der Waals surface area contributed by atoms with Gasteiger partial charge in [0, 0.05) is 0 Å². The third kappa shape index (κ3) is 7.03. The molecule has 1 aliphatic heterocycles. The quantitative estimate of drug-likeness (QED) is 0.0868. The van der Waals surface area contributed by atoms with Crippen molar-refractivity contribution < 1.29 is 54.1 Å². The number of methoxy groups -OCH3 is 1. The van der Waals surface area contributed by atoms with E-state index in [2.05, 4.69) is 41.5 Å². The van der Waals surface area contributed by atoms with Crippen molar-refractivity contribution in [3.8, 4) is 17.2 Å². The number of Topliss-reactive ketones (excluding diaryl/α,β-unsaturated/α-hetero) is 1. The molecule has 6 atom stereocenters. The van der Waals surface area contributed by atoms with E-state index >= 15 is 0 Å². The maximum Gasteiger partial charge on any atom is -0.147 e. The van der Waals surface area contributed by atoms with Crippen LogP contribution in [0.3, 0.4) is 0 Å². The summed E-state index contributed by atoms with van der Waals surface area (Å²) < 4.78 is 18.2. The number of carbonyl (C=O) groups excluding carboxylic acids is 3. The molecule has 0 aromatic heterocycles. The number of nitrogens with one attached hydrogen (secondary N) is 1. The predicted molar refractivity (Wildman–Crippen MR) is 224 cm³/mol. The SMILES string of the molecule is COc1cccc2c1C(=O)c1c(O)c3c(c(O)c1C2=O)C[C@@](O)(C(=O)CO)C[C@@H]3OC1CC(N[PH](c2ccccc2)(c2ccccc2)c2ccccc2)C(O)C(C)O1.Cl. The molecule has 0 saturated carbocycles. The molecule has 5 aromatic rings. The number of aliphatic hydroxyl groups excluding tert-OH is 2. The first kappa shape index (κ1) is 42.1. The second-order valence-electron chi connectivity index (χ2n) is 15.1. The van der Waals surface area contributed by atoms with Crippen molar-refractivity contribution in [3.05, 3.63) is 143 Å². The molecule has 14 heteroatoms.